The lowest BCUT2D eigenvalue weighted by Crippen LogP contribution is -1.94. The Kier molecular flexibility index (Phi) is 2.38. The lowest BCUT2D eigenvalue weighted by atomic mass is 10.5. The predicted molar refractivity (Wildman–Crippen MR) is 58.7 cm³/mol. The molecular formula is C8H7N7OS. The van der Waals surface area contributed by atoms with Gasteiger partial charge in [0.1, 0.15) is 17.0 Å². The molecule has 0 unspecified atom stereocenters. The van der Waals surface area contributed by atoms with Gasteiger partial charge in [0.25, 0.3) is 5.89 Å². The normalized spacial score (nSPS) is 10.9. The van der Waals surface area contributed by atoms with Gasteiger partial charge in [0, 0.05) is 11.9 Å². The van der Waals surface area contributed by atoms with Gasteiger partial charge in [-0.05, 0) is 0 Å². The van der Waals surface area contributed by atoms with Crippen molar-refractivity contribution in [1.29, 1.82) is 0 Å². The van der Waals surface area contributed by atoms with Crippen LogP contribution in [0.15, 0.2) is 16.2 Å². The number of rotatable bonds is 3. The summed E-state index contributed by atoms with van der Waals surface area (Å²) in [5, 5.41) is 12.8. The van der Waals surface area contributed by atoms with Gasteiger partial charge in [0.15, 0.2) is 5.82 Å². The van der Waals surface area contributed by atoms with Crippen LogP contribution in [0.1, 0.15) is 5.01 Å². The molecule has 0 fully saturated rings. The van der Waals surface area contributed by atoms with E-state index in [1.54, 1.807) is 0 Å². The molecular weight excluding hydrogens is 242 g/mol. The van der Waals surface area contributed by atoms with Crippen molar-refractivity contribution in [2.45, 2.75) is 6.54 Å². The summed E-state index contributed by atoms with van der Waals surface area (Å²) in [4.78, 5) is 12.3. The Morgan fingerprint density at radius 2 is 2.35 bits per heavy atom. The van der Waals surface area contributed by atoms with Gasteiger partial charge in [-0.2, -0.15) is 10.1 Å². The summed E-state index contributed by atoms with van der Waals surface area (Å²) in [7, 11) is 0. The maximum atomic E-state index is 5.48. The van der Waals surface area contributed by atoms with Crippen molar-refractivity contribution in [3.05, 3.63) is 16.7 Å². The minimum absolute atomic E-state index is 0.340. The zero-order valence-electron chi connectivity index (χ0n) is 8.49. The highest BCUT2D eigenvalue weighted by molar-refractivity contribution is 7.09. The van der Waals surface area contributed by atoms with Crippen molar-refractivity contribution < 1.29 is 4.52 Å². The molecule has 8 nitrogen and oxygen atoms in total. The molecule has 3 aromatic rings. The Morgan fingerprint density at radius 3 is 3.06 bits per heavy atom. The van der Waals surface area contributed by atoms with Gasteiger partial charge in [-0.25, -0.2) is 9.97 Å². The first-order valence-corrected chi connectivity index (χ1v) is 5.59. The summed E-state index contributed by atoms with van der Waals surface area (Å²) in [6.45, 7) is 0.397. The quantitative estimate of drug-likeness (QED) is 0.690. The minimum atomic E-state index is 0.340. The molecule has 3 aromatic heterocycles. The van der Waals surface area contributed by atoms with Crippen LogP contribution in [0.4, 0.5) is 0 Å². The van der Waals surface area contributed by atoms with E-state index in [1.807, 2.05) is 5.38 Å². The molecule has 0 aliphatic carbocycles. The van der Waals surface area contributed by atoms with Gasteiger partial charge < -0.3 is 10.3 Å². The number of aromatic amines is 1. The van der Waals surface area contributed by atoms with E-state index in [4.69, 9.17) is 10.3 Å². The van der Waals surface area contributed by atoms with Gasteiger partial charge >= 0.3 is 0 Å². The standard InChI is InChI=1S/C8H7N7OS/c9-1-5-12-4(2-17-5)8-13-7(15-16-8)6-10-3-11-14-6/h2-3H,1,9H2,(H,10,11,14). The molecule has 86 valence electrons. The van der Waals surface area contributed by atoms with Crippen molar-refractivity contribution in [3.63, 3.8) is 0 Å². The van der Waals surface area contributed by atoms with Gasteiger partial charge in [0.2, 0.25) is 5.82 Å². The van der Waals surface area contributed by atoms with Crippen LogP contribution in [-0.4, -0.2) is 30.3 Å². The number of H-pyrrole nitrogens is 1. The zero-order valence-corrected chi connectivity index (χ0v) is 9.31. The maximum Gasteiger partial charge on any atom is 0.277 e. The van der Waals surface area contributed by atoms with Crippen molar-refractivity contribution in [1.82, 2.24) is 30.3 Å². The SMILES string of the molecule is NCc1nc(-c2nc(-c3ncn[nH]3)no2)cs1. The molecule has 17 heavy (non-hydrogen) atoms. The maximum absolute atomic E-state index is 5.48. The van der Waals surface area contributed by atoms with Crippen LogP contribution in [0, 0.1) is 0 Å². The lowest BCUT2D eigenvalue weighted by Gasteiger charge is -1.84. The number of nitrogens with one attached hydrogen (secondary N) is 1. The fourth-order valence-electron chi connectivity index (χ4n) is 1.24. The second kappa shape index (κ2) is 4.03. The van der Waals surface area contributed by atoms with Crippen LogP contribution in [0.2, 0.25) is 0 Å². The van der Waals surface area contributed by atoms with Crippen LogP contribution in [-0.2, 0) is 6.54 Å². The van der Waals surface area contributed by atoms with E-state index >= 15 is 0 Å². The highest BCUT2D eigenvalue weighted by atomic mass is 32.1. The summed E-state index contributed by atoms with van der Waals surface area (Å²) in [6.07, 6.45) is 1.38. The first kappa shape index (κ1) is 10.1. The fraction of sp³-hybridized carbons (Fsp3) is 0.125. The number of nitrogens with zero attached hydrogens (tertiary/aromatic N) is 5. The van der Waals surface area contributed by atoms with Gasteiger partial charge in [-0.15, -0.1) is 11.3 Å². The molecule has 0 aliphatic rings. The molecule has 0 aromatic carbocycles. The van der Waals surface area contributed by atoms with Crippen LogP contribution < -0.4 is 5.73 Å². The third-order valence-corrected chi connectivity index (χ3v) is 2.87. The van der Waals surface area contributed by atoms with Crippen LogP contribution in [0.5, 0.6) is 0 Å². The van der Waals surface area contributed by atoms with Crippen LogP contribution in [0.25, 0.3) is 23.2 Å². The predicted octanol–water partition coefficient (Wildman–Crippen LogP) is 0.437. The summed E-state index contributed by atoms with van der Waals surface area (Å²) in [5.41, 5.74) is 6.10. The molecule has 0 atom stereocenters. The van der Waals surface area contributed by atoms with Crippen molar-refractivity contribution in [3.8, 4) is 23.2 Å². The van der Waals surface area contributed by atoms with E-state index in [-0.39, 0.29) is 0 Å². The summed E-state index contributed by atoms with van der Waals surface area (Å²) < 4.78 is 5.09. The summed E-state index contributed by atoms with van der Waals surface area (Å²) >= 11 is 1.45. The Morgan fingerprint density at radius 1 is 1.41 bits per heavy atom. The van der Waals surface area contributed by atoms with E-state index in [1.165, 1.54) is 17.7 Å². The van der Waals surface area contributed by atoms with Gasteiger partial charge in [-0.1, -0.05) is 5.16 Å². The molecule has 3 rings (SSSR count). The number of hydrogen-bond acceptors (Lipinski definition) is 8. The topological polar surface area (TPSA) is 119 Å². The summed E-state index contributed by atoms with van der Waals surface area (Å²) in [5.74, 6) is 1.14. The van der Waals surface area contributed by atoms with Gasteiger partial charge in [-0.3, -0.25) is 5.10 Å². The monoisotopic (exact) mass is 249 g/mol. The van der Waals surface area contributed by atoms with E-state index in [2.05, 4.69) is 30.3 Å². The fourth-order valence-corrected chi connectivity index (χ4v) is 1.89. The third kappa shape index (κ3) is 1.81. The smallest absolute Gasteiger partial charge is 0.277 e. The molecule has 0 radical (unpaired) electrons. The highest BCUT2D eigenvalue weighted by Gasteiger charge is 2.14. The Balaban J connectivity index is 1.94. The average molecular weight is 249 g/mol. The largest absolute Gasteiger partial charge is 0.332 e. The number of aromatic nitrogens is 6. The molecule has 0 amide bonds. The average Bonchev–Trinajstić information content (AvgIpc) is 3.09. The Hall–Kier alpha value is -2.13. The Bertz CT molecular complexity index is 613. The number of nitrogens with two attached hydrogens (primary N) is 1. The van der Waals surface area contributed by atoms with Crippen molar-refractivity contribution in [2.24, 2.45) is 5.73 Å². The molecule has 3 N–H and O–H groups in total. The lowest BCUT2D eigenvalue weighted by molar-refractivity contribution is 0.430. The van der Waals surface area contributed by atoms with Crippen molar-refractivity contribution >= 4 is 11.3 Å². The summed E-state index contributed by atoms with van der Waals surface area (Å²) in [6, 6.07) is 0. The Labute approximate surface area is 98.9 Å². The third-order valence-electron chi connectivity index (χ3n) is 2.00. The molecule has 0 saturated carbocycles. The number of hydrogen-bond donors (Lipinski definition) is 2. The van der Waals surface area contributed by atoms with E-state index in [0.29, 0.717) is 29.8 Å². The molecule has 0 bridgehead atoms. The second-order valence-corrected chi connectivity index (χ2v) is 4.03. The molecule has 0 saturated heterocycles. The van der Waals surface area contributed by atoms with E-state index in [9.17, 15) is 0 Å². The second-order valence-electron chi connectivity index (χ2n) is 3.09. The van der Waals surface area contributed by atoms with E-state index in [0.717, 1.165) is 5.01 Å². The van der Waals surface area contributed by atoms with Crippen molar-refractivity contribution in [2.75, 3.05) is 0 Å². The highest BCUT2D eigenvalue weighted by Crippen LogP contribution is 2.21. The number of thiazole rings is 1. The molecule has 9 heteroatoms. The zero-order chi connectivity index (χ0) is 11.7. The van der Waals surface area contributed by atoms with E-state index < -0.39 is 0 Å². The first-order valence-electron chi connectivity index (χ1n) is 4.71. The van der Waals surface area contributed by atoms with Gasteiger partial charge in [0.05, 0.1) is 0 Å². The molecule has 0 aliphatic heterocycles. The minimum Gasteiger partial charge on any atom is -0.332 e. The first-order chi connectivity index (χ1) is 8.36. The molecule has 3 heterocycles. The van der Waals surface area contributed by atoms with Crippen LogP contribution in [0.3, 0.4) is 0 Å². The molecule has 0 spiro atoms. The van der Waals surface area contributed by atoms with Crippen LogP contribution >= 0.6 is 11.3 Å².